The van der Waals surface area contributed by atoms with Crippen molar-refractivity contribution in [2.45, 2.75) is 412 Å². The van der Waals surface area contributed by atoms with Crippen LogP contribution in [0.5, 0.6) is 0 Å². The van der Waals surface area contributed by atoms with Gasteiger partial charge >= 0.3 is 17.9 Å². The molecule has 1 unspecified atom stereocenters. The summed E-state index contributed by atoms with van der Waals surface area (Å²) in [5, 5.41) is 0. The molecule has 0 aromatic carbocycles. The van der Waals surface area contributed by atoms with Crippen molar-refractivity contribution in [3.05, 3.63) is 24.3 Å². The maximum Gasteiger partial charge on any atom is 0.306 e. The Labute approximate surface area is 493 Å². The van der Waals surface area contributed by atoms with Crippen molar-refractivity contribution < 1.29 is 28.6 Å². The summed E-state index contributed by atoms with van der Waals surface area (Å²) in [5.41, 5.74) is 0. The second-order valence-corrected chi connectivity index (χ2v) is 24.5. The SMILES string of the molecule is CCCCC/C=C\C/C=C\CCCCCCCCCCCC(=O)OC(COC(=O)CCCCCCCCCCCCCCCCC)COC(=O)CCCCCCCCCCCCCCCCCCCCCCCCCCCCC. The van der Waals surface area contributed by atoms with Gasteiger partial charge in [0.25, 0.3) is 0 Å². The molecule has 6 nitrogen and oxygen atoms in total. The van der Waals surface area contributed by atoms with E-state index >= 15 is 0 Å². The number of hydrogen-bond donors (Lipinski definition) is 0. The summed E-state index contributed by atoms with van der Waals surface area (Å²) in [6.45, 7) is 6.70. The van der Waals surface area contributed by atoms with Crippen LogP contribution in [0, 0.1) is 0 Å². The van der Waals surface area contributed by atoms with E-state index < -0.39 is 6.10 Å². The van der Waals surface area contributed by atoms with Gasteiger partial charge in [0.1, 0.15) is 13.2 Å². The molecule has 466 valence electrons. The van der Waals surface area contributed by atoms with Crippen LogP contribution in [0.3, 0.4) is 0 Å². The lowest BCUT2D eigenvalue weighted by Crippen LogP contribution is -2.30. The maximum absolute atomic E-state index is 12.9. The minimum absolute atomic E-state index is 0.0663. The van der Waals surface area contributed by atoms with Crippen molar-refractivity contribution in [1.82, 2.24) is 0 Å². The fraction of sp³-hybridized carbons (Fsp3) is 0.904. The molecule has 0 saturated heterocycles. The van der Waals surface area contributed by atoms with Gasteiger partial charge in [-0.25, -0.2) is 0 Å². The number of carbonyl (C=O) groups is 3. The van der Waals surface area contributed by atoms with Crippen LogP contribution in [0.1, 0.15) is 406 Å². The first-order valence-electron chi connectivity index (χ1n) is 35.8. The highest BCUT2D eigenvalue weighted by Gasteiger charge is 2.19. The maximum atomic E-state index is 12.9. The largest absolute Gasteiger partial charge is 0.462 e. The molecule has 0 bridgehead atoms. The van der Waals surface area contributed by atoms with Crippen LogP contribution >= 0.6 is 0 Å². The van der Waals surface area contributed by atoms with Gasteiger partial charge in [-0.15, -0.1) is 0 Å². The molecular formula is C73H138O6. The molecule has 0 radical (unpaired) electrons. The quantitative estimate of drug-likeness (QED) is 0.0261. The highest BCUT2D eigenvalue weighted by molar-refractivity contribution is 5.71. The van der Waals surface area contributed by atoms with Crippen molar-refractivity contribution in [2.75, 3.05) is 13.2 Å². The molecule has 0 fully saturated rings. The third kappa shape index (κ3) is 66.6. The van der Waals surface area contributed by atoms with Crippen LogP contribution in [0.25, 0.3) is 0 Å². The molecule has 0 aliphatic carbocycles. The first-order valence-corrected chi connectivity index (χ1v) is 35.8. The molecule has 0 aromatic heterocycles. The number of unbranched alkanes of at least 4 members (excludes halogenated alkanes) is 52. The Hall–Kier alpha value is -2.11. The van der Waals surface area contributed by atoms with E-state index in [0.29, 0.717) is 19.3 Å². The molecule has 0 aliphatic rings. The molecule has 0 N–H and O–H groups in total. The summed E-state index contributed by atoms with van der Waals surface area (Å²) in [6, 6.07) is 0. The van der Waals surface area contributed by atoms with E-state index in [1.54, 1.807) is 0 Å². The Morgan fingerprint density at radius 3 is 0.722 bits per heavy atom. The molecule has 0 spiro atoms. The smallest absolute Gasteiger partial charge is 0.306 e. The third-order valence-electron chi connectivity index (χ3n) is 16.5. The zero-order chi connectivity index (χ0) is 57.1. The molecule has 1 atom stereocenters. The van der Waals surface area contributed by atoms with Crippen molar-refractivity contribution in [1.29, 1.82) is 0 Å². The minimum Gasteiger partial charge on any atom is -0.462 e. The van der Waals surface area contributed by atoms with E-state index in [9.17, 15) is 14.4 Å². The van der Waals surface area contributed by atoms with E-state index in [4.69, 9.17) is 14.2 Å². The molecule has 0 aromatic rings. The first kappa shape index (κ1) is 76.9. The fourth-order valence-electron chi connectivity index (χ4n) is 11.1. The fourth-order valence-corrected chi connectivity index (χ4v) is 11.1. The van der Waals surface area contributed by atoms with Gasteiger partial charge in [-0.1, -0.05) is 360 Å². The summed E-state index contributed by atoms with van der Waals surface area (Å²) in [4.78, 5) is 38.4. The zero-order valence-corrected chi connectivity index (χ0v) is 53.7. The Morgan fingerprint density at radius 1 is 0.253 bits per heavy atom. The van der Waals surface area contributed by atoms with Gasteiger partial charge in [0.15, 0.2) is 6.10 Å². The number of hydrogen-bond acceptors (Lipinski definition) is 6. The molecule has 0 rings (SSSR count). The van der Waals surface area contributed by atoms with Gasteiger partial charge < -0.3 is 14.2 Å². The number of ether oxygens (including phenoxy) is 3. The predicted molar refractivity (Wildman–Crippen MR) is 344 cm³/mol. The lowest BCUT2D eigenvalue weighted by atomic mass is 10.0. The zero-order valence-electron chi connectivity index (χ0n) is 53.7. The van der Waals surface area contributed by atoms with Gasteiger partial charge in [-0.05, 0) is 51.4 Å². The Kier molecular flexibility index (Phi) is 66.6. The van der Waals surface area contributed by atoms with Gasteiger partial charge in [0, 0.05) is 19.3 Å². The Balaban J connectivity index is 4.22. The summed E-state index contributed by atoms with van der Waals surface area (Å²) in [5.74, 6) is -0.837. The molecular weight excluding hydrogens is 973 g/mol. The second kappa shape index (κ2) is 68.4. The third-order valence-corrected chi connectivity index (χ3v) is 16.5. The molecule has 6 heteroatoms. The van der Waals surface area contributed by atoms with Crippen molar-refractivity contribution in [3.63, 3.8) is 0 Å². The van der Waals surface area contributed by atoms with Crippen LogP contribution in [-0.4, -0.2) is 37.2 Å². The van der Waals surface area contributed by atoms with E-state index in [1.807, 2.05) is 0 Å². The number of allylic oxidation sites excluding steroid dienone is 4. The Morgan fingerprint density at radius 2 is 0.456 bits per heavy atom. The van der Waals surface area contributed by atoms with Crippen LogP contribution in [-0.2, 0) is 28.6 Å². The van der Waals surface area contributed by atoms with Crippen LogP contribution in [0.15, 0.2) is 24.3 Å². The number of esters is 3. The highest BCUT2D eigenvalue weighted by Crippen LogP contribution is 2.19. The van der Waals surface area contributed by atoms with Gasteiger partial charge in [-0.2, -0.15) is 0 Å². The molecule has 0 aliphatic heterocycles. The molecule has 79 heavy (non-hydrogen) atoms. The average Bonchev–Trinajstić information content (AvgIpc) is 3.45. The lowest BCUT2D eigenvalue weighted by Gasteiger charge is -2.18. The Bertz CT molecular complexity index is 1270. The molecule has 0 amide bonds. The van der Waals surface area contributed by atoms with E-state index in [1.165, 1.54) is 302 Å². The van der Waals surface area contributed by atoms with E-state index in [-0.39, 0.29) is 31.1 Å². The minimum atomic E-state index is -0.770. The predicted octanol–water partition coefficient (Wildman–Crippen LogP) is 24.6. The summed E-state index contributed by atoms with van der Waals surface area (Å²) >= 11 is 0. The van der Waals surface area contributed by atoms with Gasteiger partial charge in [-0.3, -0.25) is 14.4 Å². The highest BCUT2D eigenvalue weighted by atomic mass is 16.6. The monoisotopic (exact) mass is 1110 g/mol. The standard InChI is InChI=1S/C73H138O6/c1-4-7-10-13-16-19-22-25-28-30-32-33-34-35-36-37-38-39-41-42-45-48-51-54-57-60-63-66-72(75)78-69-70(68-77-71(74)65-62-59-56-53-50-47-44-27-24-21-18-15-12-9-6-3)79-73(76)67-64-61-58-55-52-49-46-43-40-31-29-26-23-20-17-14-11-8-5-2/h17,20,26,29,70H,4-16,18-19,21-25,27-28,30-69H2,1-3H3/b20-17-,29-26-. The summed E-state index contributed by atoms with van der Waals surface area (Å²) in [7, 11) is 0. The number of rotatable bonds is 67. The van der Waals surface area contributed by atoms with Crippen molar-refractivity contribution in [2.24, 2.45) is 0 Å². The summed E-state index contributed by atoms with van der Waals surface area (Å²) < 4.78 is 17.0. The van der Waals surface area contributed by atoms with Crippen LogP contribution in [0.2, 0.25) is 0 Å². The molecule has 0 saturated carbocycles. The number of carbonyl (C=O) groups excluding carboxylic acids is 3. The topological polar surface area (TPSA) is 78.9 Å². The van der Waals surface area contributed by atoms with Crippen LogP contribution < -0.4 is 0 Å². The van der Waals surface area contributed by atoms with Crippen LogP contribution in [0.4, 0.5) is 0 Å². The second-order valence-electron chi connectivity index (χ2n) is 24.5. The average molecular weight is 1110 g/mol. The van der Waals surface area contributed by atoms with Gasteiger partial charge in [0.05, 0.1) is 0 Å². The normalized spacial score (nSPS) is 12.1. The van der Waals surface area contributed by atoms with E-state index in [0.717, 1.165) is 64.2 Å². The van der Waals surface area contributed by atoms with Gasteiger partial charge in [0.2, 0.25) is 0 Å². The summed E-state index contributed by atoms with van der Waals surface area (Å²) in [6.07, 6.45) is 83.5. The first-order chi connectivity index (χ1) is 39.0. The lowest BCUT2D eigenvalue weighted by molar-refractivity contribution is -0.167. The van der Waals surface area contributed by atoms with Crippen molar-refractivity contribution in [3.8, 4) is 0 Å². The van der Waals surface area contributed by atoms with Crippen molar-refractivity contribution >= 4 is 17.9 Å². The van der Waals surface area contributed by atoms with E-state index in [2.05, 4.69) is 45.1 Å². The molecule has 0 heterocycles.